The molecular formula is C31H51N3O2. The number of piperidine rings is 1. The molecule has 1 aromatic carbocycles. The Morgan fingerprint density at radius 3 is 2.69 bits per heavy atom. The molecule has 1 aromatic heterocycles. The number of ether oxygens (including phenoxy) is 1. The van der Waals surface area contributed by atoms with E-state index in [-0.39, 0.29) is 0 Å². The molecule has 1 aliphatic heterocycles. The van der Waals surface area contributed by atoms with Gasteiger partial charge >= 0.3 is 0 Å². The average molecular weight is 498 g/mol. The number of aliphatic hydroxyl groups excluding tert-OH is 1. The molecule has 5 nitrogen and oxygen atoms in total. The summed E-state index contributed by atoms with van der Waals surface area (Å²) in [6.07, 6.45) is 15.7. The number of nitrogens with zero attached hydrogens (tertiary/aromatic N) is 2. The second-order valence-corrected chi connectivity index (χ2v) is 10.8. The number of hydrogen-bond acceptors (Lipinski definition) is 5. The van der Waals surface area contributed by atoms with Crippen molar-refractivity contribution >= 4 is 10.9 Å². The van der Waals surface area contributed by atoms with Gasteiger partial charge in [0.15, 0.2) is 0 Å². The van der Waals surface area contributed by atoms with Crippen molar-refractivity contribution in [3.63, 3.8) is 0 Å². The molecule has 0 radical (unpaired) electrons. The lowest BCUT2D eigenvalue weighted by Crippen LogP contribution is -2.40. The zero-order valence-corrected chi connectivity index (χ0v) is 23.0. The van der Waals surface area contributed by atoms with E-state index in [9.17, 15) is 5.11 Å². The monoisotopic (exact) mass is 497 g/mol. The van der Waals surface area contributed by atoms with Crippen LogP contribution in [0.4, 0.5) is 0 Å². The normalized spacial score (nSPS) is 19.6. The predicted molar refractivity (Wildman–Crippen MR) is 151 cm³/mol. The third-order valence-corrected chi connectivity index (χ3v) is 8.11. The van der Waals surface area contributed by atoms with Crippen LogP contribution in [0.15, 0.2) is 30.5 Å². The van der Waals surface area contributed by atoms with Gasteiger partial charge in [0.05, 0.1) is 18.2 Å². The molecule has 0 amide bonds. The van der Waals surface area contributed by atoms with Crippen LogP contribution >= 0.6 is 0 Å². The third-order valence-electron chi connectivity index (χ3n) is 8.11. The summed E-state index contributed by atoms with van der Waals surface area (Å²) in [6, 6.07) is 8.03. The summed E-state index contributed by atoms with van der Waals surface area (Å²) in [6.45, 7) is 9.76. The number of fused-ring (bicyclic) bond motifs is 1. The van der Waals surface area contributed by atoms with E-state index in [2.05, 4.69) is 29.8 Å². The molecule has 0 unspecified atom stereocenters. The van der Waals surface area contributed by atoms with Crippen LogP contribution in [0, 0.1) is 11.8 Å². The summed E-state index contributed by atoms with van der Waals surface area (Å²) in [7, 11) is 0. The fourth-order valence-corrected chi connectivity index (χ4v) is 5.81. The highest BCUT2D eigenvalue weighted by Crippen LogP contribution is 2.34. The highest BCUT2D eigenvalue weighted by Gasteiger charge is 2.28. The molecule has 0 spiro atoms. The van der Waals surface area contributed by atoms with E-state index >= 15 is 0 Å². The second-order valence-electron chi connectivity index (χ2n) is 10.8. The summed E-state index contributed by atoms with van der Waals surface area (Å²) in [5, 5.41) is 12.2. The third kappa shape index (κ3) is 9.00. The first-order valence-corrected chi connectivity index (χ1v) is 14.8. The van der Waals surface area contributed by atoms with Gasteiger partial charge in [-0.3, -0.25) is 4.98 Å². The van der Waals surface area contributed by atoms with Crippen molar-refractivity contribution in [3.05, 3.63) is 36.0 Å². The van der Waals surface area contributed by atoms with Crippen molar-refractivity contribution < 1.29 is 9.84 Å². The fourth-order valence-electron chi connectivity index (χ4n) is 5.81. The van der Waals surface area contributed by atoms with Gasteiger partial charge in [0.1, 0.15) is 5.75 Å². The maximum Gasteiger partial charge on any atom is 0.120 e. The first kappa shape index (κ1) is 28.9. The number of hydrogen-bond donors (Lipinski definition) is 2. The van der Waals surface area contributed by atoms with E-state index in [0.717, 1.165) is 66.8 Å². The molecule has 1 fully saturated rings. The molecule has 36 heavy (non-hydrogen) atoms. The average Bonchev–Trinajstić information content (AvgIpc) is 2.91. The highest BCUT2D eigenvalue weighted by molar-refractivity contribution is 5.83. The van der Waals surface area contributed by atoms with E-state index in [4.69, 9.17) is 10.5 Å². The molecular weight excluding hydrogens is 446 g/mol. The zero-order chi connectivity index (χ0) is 25.6. The van der Waals surface area contributed by atoms with Gasteiger partial charge < -0.3 is 20.5 Å². The van der Waals surface area contributed by atoms with Gasteiger partial charge in [-0.25, -0.2) is 0 Å². The maximum atomic E-state index is 11.2. The van der Waals surface area contributed by atoms with Gasteiger partial charge in [0.25, 0.3) is 0 Å². The molecule has 3 atom stereocenters. The number of aromatic nitrogens is 1. The van der Waals surface area contributed by atoms with Crippen LogP contribution in [0.1, 0.15) is 103 Å². The fraction of sp³-hybridized carbons (Fsp3) is 0.710. The summed E-state index contributed by atoms with van der Waals surface area (Å²) >= 11 is 0. The molecule has 1 saturated heterocycles. The van der Waals surface area contributed by atoms with Crippen molar-refractivity contribution in [2.75, 3.05) is 32.8 Å². The van der Waals surface area contributed by atoms with Crippen molar-refractivity contribution in [1.82, 2.24) is 9.88 Å². The molecule has 0 bridgehead atoms. The lowest BCUT2D eigenvalue weighted by molar-refractivity contribution is 0.0903. The van der Waals surface area contributed by atoms with E-state index in [0.29, 0.717) is 12.5 Å². The molecule has 0 aliphatic carbocycles. The Kier molecular flexibility index (Phi) is 13.0. The Morgan fingerprint density at radius 2 is 1.89 bits per heavy atom. The first-order chi connectivity index (χ1) is 17.7. The van der Waals surface area contributed by atoms with E-state index in [1.807, 2.05) is 24.4 Å². The maximum absolute atomic E-state index is 11.2. The Labute approximate surface area is 219 Å². The van der Waals surface area contributed by atoms with Crippen LogP contribution in [0.5, 0.6) is 5.75 Å². The number of unbranched alkanes of at least 4 members (excludes halogenated alkanes) is 6. The minimum atomic E-state index is -0.468. The van der Waals surface area contributed by atoms with Gasteiger partial charge in [-0.2, -0.15) is 0 Å². The molecule has 5 heteroatoms. The van der Waals surface area contributed by atoms with Gasteiger partial charge in [0, 0.05) is 18.1 Å². The predicted octanol–water partition coefficient (Wildman–Crippen LogP) is 6.87. The van der Waals surface area contributed by atoms with Crippen LogP contribution in [0.3, 0.4) is 0 Å². The van der Waals surface area contributed by atoms with Gasteiger partial charge in [-0.05, 0) is 106 Å². The summed E-state index contributed by atoms with van der Waals surface area (Å²) < 4.78 is 5.98. The number of pyridine rings is 1. The largest absolute Gasteiger partial charge is 0.494 e. The summed E-state index contributed by atoms with van der Waals surface area (Å²) in [4.78, 5) is 7.22. The number of benzene rings is 1. The van der Waals surface area contributed by atoms with Gasteiger partial charge in [-0.15, -0.1) is 0 Å². The molecule has 0 saturated carbocycles. The van der Waals surface area contributed by atoms with Crippen LogP contribution in [-0.2, 0) is 0 Å². The lowest BCUT2D eigenvalue weighted by atomic mass is 9.80. The van der Waals surface area contributed by atoms with E-state index in [1.165, 1.54) is 64.6 Å². The molecule has 202 valence electrons. The Morgan fingerprint density at radius 1 is 1.06 bits per heavy atom. The van der Waals surface area contributed by atoms with Crippen LogP contribution in [-0.4, -0.2) is 47.8 Å². The van der Waals surface area contributed by atoms with Gasteiger partial charge in [-0.1, -0.05) is 46.0 Å². The minimum Gasteiger partial charge on any atom is -0.494 e. The van der Waals surface area contributed by atoms with Crippen molar-refractivity contribution in [2.24, 2.45) is 17.6 Å². The lowest BCUT2D eigenvalue weighted by Gasteiger charge is -2.39. The van der Waals surface area contributed by atoms with E-state index in [1.54, 1.807) is 0 Å². The van der Waals surface area contributed by atoms with E-state index < -0.39 is 6.10 Å². The Hall–Kier alpha value is -1.69. The summed E-state index contributed by atoms with van der Waals surface area (Å²) in [5.74, 6) is 2.31. The Bertz CT molecular complexity index is 874. The number of likely N-dealkylation sites (tertiary alicyclic amines) is 1. The molecule has 3 rings (SSSR count). The molecule has 2 heterocycles. The Balaban J connectivity index is 1.52. The van der Waals surface area contributed by atoms with Crippen LogP contribution < -0.4 is 10.5 Å². The smallest absolute Gasteiger partial charge is 0.120 e. The van der Waals surface area contributed by atoms with Crippen LogP contribution in [0.2, 0.25) is 0 Å². The summed E-state index contributed by atoms with van der Waals surface area (Å²) in [5.41, 5.74) is 7.48. The highest BCUT2D eigenvalue weighted by atomic mass is 16.5. The van der Waals surface area contributed by atoms with Crippen molar-refractivity contribution in [2.45, 2.75) is 97.0 Å². The zero-order valence-electron chi connectivity index (χ0n) is 23.0. The first-order valence-electron chi connectivity index (χ1n) is 14.8. The topological polar surface area (TPSA) is 71.6 Å². The van der Waals surface area contributed by atoms with Crippen molar-refractivity contribution in [3.8, 4) is 5.75 Å². The van der Waals surface area contributed by atoms with Crippen molar-refractivity contribution in [1.29, 1.82) is 0 Å². The molecule has 2 aromatic rings. The standard InChI is InChI=1S/C31H51N3O2/c1-3-5-6-7-10-20-34-21-17-26(25(4-2)24-34)12-15-31(35)28-16-19-33-30-14-13-27(23-29(28)30)36-22-11-8-9-18-32/h13-14,16,19,23,25-26,31,35H,3-12,15,17-18,20-22,24,32H2,1-2H3/t25-,26+,31+/m0/s1. The SMILES string of the molecule is CCCCCCCN1CC[C@@H](CC[C@@H](O)c2ccnc3ccc(OCCCCCN)cc23)[C@@H](CC)C1. The number of nitrogens with two attached hydrogens (primary N) is 1. The molecule has 1 aliphatic rings. The number of aliphatic hydroxyl groups is 1. The van der Waals surface area contributed by atoms with Gasteiger partial charge in [0.2, 0.25) is 0 Å². The minimum absolute atomic E-state index is 0.468. The quantitative estimate of drug-likeness (QED) is 0.233. The van der Waals surface area contributed by atoms with Crippen LogP contribution in [0.25, 0.3) is 10.9 Å². The molecule has 3 N–H and O–H groups in total. The number of rotatable bonds is 17. The second kappa shape index (κ2) is 16.2.